The van der Waals surface area contributed by atoms with Gasteiger partial charge in [-0.25, -0.2) is 0 Å². The SMILES string of the molecule is COC(=O)C1CCCN1CC(=O)Nc1ccccc1CN. The minimum absolute atomic E-state index is 0.147. The van der Waals surface area contributed by atoms with Gasteiger partial charge in [0.25, 0.3) is 0 Å². The molecule has 3 N–H and O–H groups in total. The molecule has 0 radical (unpaired) electrons. The molecule has 1 aromatic carbocycles. The molecule has 1 unspecified atom stereocenters. The maximum atomic E-state index is 12.1. The molecule has 6 heteroatoms. The van der Waals surface area contributed by atoms with Crippen molar-refractivity contribution in [3.05, 3.63) is 29.8 Å². The molecule has 0 aliphatic carbocycles. The van der Waals surface area contributed by atoms with E-state index < -0.39 is 0 Å². The van der Waals surface area contributed by atoms with Gasteiger partial charge in [0.2, 0.25) is 5.91 Å². The second-order valence-electron chi connectivity index (χ2n) is 5.06. The molecule has 1 fully saturated rings. The molecule has 21 heavy (non-hydrogen) atoms. The zero-order chi connectivity index (χ0) is 15.2. The van der Waals surface area contributed by atoms with Gasteiger partial charge in [-0.1, -0.05) is 18.2 Å². The number of carbonyl (C=O) groups excluding carboxylic acids is 2. The number of para-hydroxylation sites is 1. The van der Waals surface area contributed by atoms with E-state index in [9.17, 15) is 9.59 Å². The molecule has 114 valence electrons. The third-order valence-corrected chi connectivity index (χ3v) is 3.69. The van der Waals surface area contributed by atoms with Crippen LogP contribution in [0, 0.1) is 0 Å². The summed E-state index contributed by atoms with van der Waals surface area (Å²) in [6.45, 7) is 1.27. The van der Waals surface area contributed by atoms with E-state index in [0.717, 1.165) is 30.6 Å². The molecular weight excluding hydrogens is 270 g/mol. The highest BCUT2D eigenvalue weighted by atomic mass is 16.5. The van der Waals surface area contributed by atoms with E-state index in [4.69, 9.17) is 10.5 Å². The van der Waals surface area contributed by atoms with E-state index in [1.807, 2.05) is 29.2 Å². The second kappa shape index (κ2) is 7.19. The largest absolute Gasteiger partial charge is 0.468 e. The first kappa shape index (κ1) is 15.5. The van der Waals surface area contributed by atoms with Crippen LogP contribution in [0.1, 0.15) is 18.4 Å². The van der Waals surface area contributed by atoms with Crippen LogP contribution >= 0.6 is 0 Å². The van der Waals surface area contributed by atoms with Gasteiger partial charge in [0, 0.05) is 12.2 Å². The number of methoxy groups -OCH3 is 1. The van der Waals surface area contributed by atoms with Crippen molar-refractivity contribution in [3.8, 4) is 0 Å². The lowest BCUT2D eigenvalue weighted by atomic mass is 10.2. The number of amides is 1. The number of rotatable bonds is 5. The molecule has 1 heterocycles. The Bertz CT molecular complexity index is 519. The summed E-state index contributed by atoms with van der Waals surface area (Å²) in [6, 6.07) is 7.11. The first-order chi connectivity index (χ1) is 10.2. The van der Waals surface area contributed by atoms with Crippen LogP contribution in [0.5, 0.6) is 0 Å². The minimum atomic E-state index is -0.314. The van der Waals surface area contributed by atoms with Crippen LogP contribution in [0.15, 0.2) is 24.3 Å². The molecule has 1 atom stereocenters. The van der Waals surface area contributed by atoms with Crippen molar-refractivity contribution >= 4 is 17.6 Å². The van der Waals surface area contributed by atoms with Crippen LogP contribution in [-0.4, -0.2) is 43.0 Å². The van der Waals surface area contributed by atoms with Gasteiger partial charge in [0.1, 0.15) is 6.04 Å². The fourth-order valence-corrected chi connectivity index (χ4v) is 2.61. The van der Waals surface area contributed by atoms with Crippen LogP contribution in [-0.2, 0) is 20.9 Å². The van der Waals surface area contributed by atoms with E-state index in [1.54, 1.807) is 0 Å². The van der Waals surface area contributed by atoms with Crippen LogP contribution < -0.4 is 11.1 Å². The molecular formula is C15H21N3O3. The zero-order valence-corrected chi connectivity index (χ0v) is 12.2. The Morgan fingerprint density at radius 3 is 2.90 bits per heavy atom. The second-order valence-corrected chi connectivity index (χ2v) is 5.06. The molecule has 1 saturated heterocycles. The summed E-state index contributed by atoms with van der Waals surface area (Å²) in [6.07, 6.45) is 1.63. The summed E-state index contributed by atoms with van der Waals surface area (Å²) in [7, 11) is 1.37. The number of nitrogens with two attached hydrogens (primary N) is 1. The van der Waals surface area contributed by atoms with Crippen LogP contribution in [0.4, 0.5) is 5.69 Å². The fraction of sp³-hybridized carbons (Fsp3) is 0.467. The summed E-state index contributed by atoms with van der Waals surface area (Å²) in [5.74, 6) is -0.422. The zero-order valence-electron chi connectivity index (χ0n) is 12.2. The maximum Gasteiger partial charge on any atom is 0.323 e. The quantitative estimate of drug-likeness (QED) is 0.781. The maximum absolute atomic E-state index is 12.1. The van der Waals surface area contributed by atoms with E-state index in [2.05, 4.69) is 5.32 Å². The number of esters is 1. The molecule has 0 bridgehead atoms. The van der Waals surface area contributed by atoms with E-state index in [0.29, 0.717) is 6.54 Å². The van der Waals surface area contributed by atoms with Crippen molar-refractivity contribution in [1.29, 1.82) is 0 Å². The molecule has 0 aromatic heterocycles. The van der Waals surface area contributed by atoms with Crippen molar-refractivity contribution in [3.63, 3.8) is 0 Å². The Kier molecular flexibility index (Phi) is 5.30. The number of nitrogens with one attached hydrogen (secondary N) is 1. The van der Waals surface area contributed by atoms with Crippen LogP contribution in [0.2, 0.25) is 0 Å². The topological polar surface area (TPSA) is 84.7 Å². The predicted molar refractivity (Wildman–Crippen MR) is 79.6 cm³/mol. The lowest BCUT2D eigenvalue weighted by Gasteiger charge is -2.21. The van der Waals surface area contributed by atoms with Crippen LogP contribution in [0.3, 0.4) is 0 Å². The smallest absolute Gasteiger partial charge is 0.323 e. The van der Waals surface area contributed by atoms with Crippen LogP contribution in [0.25, 0.3) is 0 Å². The van der Waals surface area contributed by atoms with Crippen molar-refractivity contribution in [2.75, 3.05) is 25.5 Å². The molecule has 1 amide bonds. The third-order valence-electron chi connectivity index (χ3n) is 3.69. The Balaban J connectivity index is 1.97. The van der Waals surface area contributed by atoms with Gasteiger partial charge in [-0.2, -0.15) is 0 Å². The first-order valence-electron chi connectivity index (χ1n) is 7.05. The standard InChI is InChI=1S/C15H21N3O3/c1-21-15(20)13-7-4-8-18(13)10-14(19)17-12-6-3-2-5-11(12)9-16/h2-3,5-6,13H,4,7-10,16H2,1H3,(H,17,19). The van der Waals surface area contributed by atoms with Gasteiger partial charge >= 0.3 is 5.97 Å². The summed E-state index contributed by atoms with van der Waals surface area (Å²) < 4.78 is 4.77. The lowest BCUT2D eigenvalue weighted by molar-refractivity contribution is -0.146. The molecule has 1 aliphatic heterocycles. The Labute approximate surface area is 124 Å². The first-order valence-corrected chi connectivity index (χ1v) is 7.05. The minimum Gasteiger partial charge on any atom is -0.468 e. The predicted octanol–water partition coefficient (Wildman–Crippen LogP) is 0.721. The fourth-order valence-electron chi connectivity index (χ4n) is 2.61. The van der Waals surface area contributed by atoms with Gasteiger partial charge in [0.05, 0.1) is 13.7 Å². The van der Waals surface area contributed by atoms with Gasteiger partial charge in [0.15, 0.2) is 0 Å². The highest BCUT2D eigenvalue weighted by Crippen LogP contribution is 2.19. The molecule has 0 saturated carbocycles. The van der Waals surface area contributed by atoms with Crippen molar-refractivity contribution in [2.24, 2.45) is 5.73 Å². The number of ether oxygens (including phenoxy) is 1. The number of nitrogens with zero attached hydrogens (tertiary/aromatic N) is 1. The average molecular weight is 291 g/mol. The molecule has 6 nitrogen and oxygen atoms in total. The summed E-state index contributed by atoms with van der Waals surface area (Å²) in [4.78, 5) is 25.7. The van der Waals surface area contributed by atoms with Gasteiger partial charge in [-0.3, -0.25) is 14.5 Å². The molecule has 2 rings (SSSR count). The number of anilines is 1. The number of carbonyl (C=O) groups is 2. The Morgan fingerprint density at radius 1 is 1.43 bits per heavy atom. The highest BCUT2D eigenvalue weighted by Gasteiger charge is 2.32. The summed E-state index contributed by atoms with van der Waals surface area (Å²) >= 11 is 0. The van der Waals surface area contributed by atoms with Crippen molar-refractivity contribution < 1.29 is 14.3 Å². The van der Waals surface area contributed by atoms with E-state index >= 15 is 0 Å². The number of benzene rings is 1. The van der Waals surface area contributed by atoms with E-state index in [1.165, 1.54) is 7.11 Å². The number of hydrogen-bond acceptors (Lipinski definition) is 5. The monoisotopic (exact) mass is 291 g/mol. The average Bonchev–Trinajstić information content (AvgIpc) is 2.95. The third kappa shape index (κ3) is 3.80. The number of hydrogen-bond donors (Lipinski definition) is 2. The number of likely N-dealkylation sites (tertiary alicyclic amines) is 1. The van der Waals surface area contributed by atoms with Gasteiger partial charge < -0.3 is 15.8 Å². The van der Waals surface area contributed by atoms with E-state index in [-0.39, 0.29) is 24.5 Å². The van der Waals surface area contributed by atoms with Crippen molar-refractivity contribution in [2.45, 2.75) is 25.4 Å². The molecule has 1 aliphatic rings. The Hall–Kier alpha value is -1.92. The normalized spacial score (nSPS) is 18.5. The van der Waals surface area contributed by atoms with Gasteiger partial charge in [-0.15, -0.1) is 0 Å². The molecule has 1 aromatic rings. The molecule has 0 spiro atoms. The van der Waals surface area contributed by atoms with Gasteiger partial charge in [-0.05, 0) is 31.0 Å². The summed E-state index contributed by atoms with van der Waals surface area (Å²) in [5, 5.41) is 2.85. The highest BCUT2D eigenvalue weighted by molar-refractivity contribution is 5.93. The Morgan fingerprint density at radius 2 is 2.19 bits per heavy atom. The lowest BCUT2D eigenvalue weighted by Crippen LogP contribution is -2.41. The van der Waals surface area contributed by atoms with Crippen molar-refractivity contribution in [1.82, 2.24) is 4.90 Å². The summed E-state index contributed by atoms with van der Waals surface area (Å²) in [5.41, 5.74) is 7.25.